The van der Waals surface area contributed by atoms with Gasteiger partial charge in [0.05, 0.1) is 0 Å². The quantitative estimate of drug-likeness (QED) is 0.155. The molecule has 0 aliphatic carbocycles. The lowest BCUT2D eigenvalue weighted by molar-refractivity contribution is 1.28. The van der Waals surface area contributed by atoms with Crippen LogP contribution in [0.5, 0.6) is 0 Å². The third-order valence-electron chi connectivity index (χ3n) is 7.62. The predicted molar refractivity (Wildman–Crippen MR) is 177 cm³/mol. The summed E-state index contributed by atoms with van der Waals surface area (Å²) in [4.78, 5) is 2.28. The minimum atomic E-state index is 1.13. The topological polar surface area (TPSA) is 3.24 Å². The molecule has 0 radical (unpaired) electrons. The van der Waals surface area contributed by atoms with Gasteiger partial charge in [0, 0.05) is 17.1 Å². The third kappa shape index (κ3) is 5.02. The summed E-state index contributed by atoms with van der Waals surface area (Å²) in [5, 5.41) is 5.11. The van der Waals surface area contributed by atoms with Crippen LogP contribution in [0.1, 0.15) is 11.1 Å². The molecule has 1 heteroatoms. The van der Waals surface area contributed by atoms with Crippen molar-refractivity contribution in [2.75, 3.05) is 4.90 Å². The molecule has 41 heavy (non-hydrogen) atoms. The smallest absolute Gasteiger partial charge is 0.0462 e. The summed E-state index contributed by atoms with van der Waals surface area (Å²) in [6.07, 6.45) is 4.37. The van der Waals surface area contributed by atoms with E-state index < -0.39 is 0 Å². The molecule has 0 N–H and O–H groups in total. The van der Waals surface area contributed by atoms with E-state index >= 15 is 0 Å². The van der Waals surface area contributed by atoms with Crippen molar-refractivity contribution in [2.24, 2.45) is 0 Å². The maximum atomic E-state index is 2.29. The Labute approximate surface area is 241 Å². The average molecular weight is 524 g/mol. The van der Waals surface area contributed by atoms with E-state index in [4.69, 9.17) is 0 Å². The fourth-order valence-corrected chi connectivity index (χ4v) is 5.61. The SMILES string of the molecule is C(=Cc1ccc(N(c2ccccc2)c2ccccc2)cc1)c1ccc(-c2c3ccccc3cc3ccccc23)cc1. The Hall–Kier alpha value is -5.40. The monoisotopic (exact) mass is 523 g/mol. The summed E-state index contributed by atoms with van der Waals surface area (Å²) in [6, 6.07) is 58.3. The van der Waals surface area contributed by atoms with Crippen LogP contribution in [0.2, 0.25) is 0 Å². The van der Waals surface area contributed by atoms with Crippen LogP contribution in [-0.2, 0) is 0 Å². The summed E-state index contributed by atoms with van der Waals surface area (Å²) < 4.78 is 0. The fourth-order valence-electron chi connectivity index (χ4n) is 5.61. The third-order valence-corrected chi connectivity index (χ3v) is 7.62. The Kier molecular flexibility index (Phi) is 6.61. The summed E-state index contributed by atoms with van der Waals surface area (Å²) in [6.45, 7) is 0. The summed E-state index contributed by atoms with van der Waals surface area (Å²) >= 11 is 0. The number of anilines is 3. The zero-order chi connectivity index (χ0) is 27.4. The standard InChI is InChI=1S/C40H29N/c1-3-13-35(14-4-1)41(36-15-5-2-6-16-36)37-27-23-31(24-28-37)20-19-30-21-25-32(26-22-30)40-38-17-9-7-11-33(38)29-34-12-8-10-18-39(34)40/h1-29H. The first-order valence-corrected chi connectivity index (χ1v) is 14.0. The van der Waals surface area contributed by atoms with Gasteiger partial charge in [0.1, 0.15) is 0 Å². The van der Waals surface area contributed by atoms with Crippen molar-refractivity contribution < 1.29 is 0 Å². The first-order valence-electron chi connectivity index (χ1n) is 14.0. The van der Waals surface area contributed by atoms with Crippen molar-refractivity contribution >= 4 is 50.8 Å². The second kappa shape index (κ2) is 11.0. The van der Waals surface area contributed by atoms with E-state index in [1.165, 1.54) is 43.8 Å². The first kappa shape index (κ1) is 24.6. The van der Waals surface area contributed by atoms with Crippen molar-refractivity contribution in [2.45, 2.75) is 0 Å². The highest BCUT2D eigenvalue weighted by Crippen LogP contribution is 2.37. The molecule has 0 saturated carbocycles. The molecule has 1 nitrogen and oxygen atoms in total. The van der Waals surface area contributed by atoms with Crippen LogP contribution in [0.25, 0.3) is 44.8 Å². The molecule has 0 spiro atoms. The van der Waals surface area contributed by atoms with Gasteiger partial charge in [0.25, 0.3) is 0 Å². The van der Waals surface area contributed by atoms with Crippen LogP contribution in [-0.4, -0.2) is 0 Å². The van der Waals surface area contributed by atoms with Crippen molar-refractivity contribution in [3.8, 4) is 11.1 Å². The minimum absolute atomic E-state index is 1.13. The van der Waals surface area contributed by atoms with E-state index in [-0.39, 0.29) is 0 Å². The molecule has 0 fully saturated rings. The van der Waals surface area contributed by atoms with Gasteiger partial charge in [-0.25, -0.2) is 0 Å². The van der Waals surface area contributed by atoms with Gasteiger partial charge in [-0.15, -0.1) is 0 Å². The van der Waals surface area contributed by atoms with Gasteiger partial charge in [0.15, 0.2) is 0 Å². The number of rotatable bonds is 6. The summed E-state index contributed by atoms with van der Waals surface area (Å²) in [5.74, 6) is 0. The molecule has 0 aromatic heterocycles. The molecular weight excluding hydrogens is 494 g/mol. The highest BCUT2D eigenvalue weighted by Gasteiger charge is 2.12. The zero-order valence-corrected chi connectivity index (χ0v) is 22.7. The summed E-state index contributed by atoms with van der Waals surface area (Å²) in [5.41, 5.74) is 8.29. The van der Waals surface area contributed by atoms with E-state index in [0.717, 1.165) is 17.1 Å². The number of hydrogen-bond donors (Lipinski definition) is 0. The van der Waals surface area contributed by atoms with E-state index in [1.807, 2.05) is 0 Å². The Bertz CT molecular complexity index is 1860. The maximum Gasteiger partial charge on any atom is 0.0462 e. The van der Waals surface area contributed by atoms with Crippen molar-refractivity contribution in [1.82, 2.24) is 0 Å². The Morgan fingerprint density at radius 2 is 0.780 bits per heavy atom. The number of nitrogens with zero attached hydrogens (tertiary/aromatic N) is 1. The lowest BCUT2D eigenvalue weighted by atomic mass is 9.92. The fraction of sp³-hybridized carbons (Fsp3) is 0. The van der Waals surface area contributed by atoms with Gasteiger partial charge in [-0.2, -0.15) is 0 Å². The maximum absolute atomic E-state index is 2.29. The molecule has 7 aromatic carbocycles. The molecule has 7 rings (SSSR count). The number of para-hydroxylation sites is 2. The minimum Gasteiger partial charge on any atom is -0.311 e. The summed E-state index contributed by atoms with van der Waals surface area (Å²) in [7, 11) is 0. The largest absolute Gasteiger partial charge is 0.311 e. The molecule has 7 aromatic rings. The highest BCUT2D eigenvalue weighted by molar-refractivity contribution is 6.12. The van der Waals surface area contributed by atoms with Crippen LogP contribution >= 0.6 is 0 Å². The first-order chi connectivity index (χ1) is 20.3. The van der Waals surface area contributed by atoms with E-state index in [1.54, 1.807) is 0 Å². The van der Waals surface area contributed by atoms with Gasteiger partial charge >= 0.3 is 0 Å². The lowest BCUT2D eigenvalue weighted by Gasteiger charge is -2.25. The molecule has 0 bridgehead atoms. The van der Waals surface area contributed by atoms with Gasteiger partial charge in [-0.1, -0.05) is 133 Å². The lowest BCUT2D eigenvalue weighted by Crippen LogP contribution is -2.09. The van der Waals surface area contributed by atoms with Crippen molar-refractivity contribution in [1.29, 1.82) is 0 Å². The van der Waals surface area contributed by atoms with E-state index in [0.29, 0.717) is 0 Å². The van der Waals surface area contributed by atoms with Crippen LogP contribution < -0.4 is 4.90 Å². The predicted octanol–water partition coefficient (Wildman–Crippen LogP) is 11.3. The molecule has 0 atom stereocenters. The van der Waals surface area contributed by atoms with Gasteiger partial charge < -0.3 is 4.90 Å². The molecule has 0 amide bonds. The second-order valence-corrected chi connectivity index (χ2v) is 10.2. The molecule has 0 aliphatic heterocycles. The van der Waals surface area contributed by atoms with E-state index in [2.05, 4.69) is 181 Å². The molecule has 0 unspecified atom stereocenters. The van der Waals surface area contributed by atoms with Crippen LogP contribution in [0, 0.1) is 0 Å². The van der Waals surface area contributed by atoms with Gasteiger partial charge in [-0.3, -0.25) is 0 Å². The highest BCUT2D eigenvalue weighted by atomic mass is 15.1. The Morgan fingerprint density at radius 3 is 1.29 bits per heavy atom. The Morgan fingerprint density at radius 1 is 0.366 bits per heavy atom. The number of benzene rings is 7. The van der Waals surface area contributed by atoms with Crippen molar-refractivity contribution in [3.05, 3.63) is 175 Å². The molecular formula is C40H29N. The van der Waals surface area contributed by atoms with Crippen LogP contribution in [0.3, 0.4) is 0 Å². The zero-order valence-electron chi connectivity index (χ0n) is 22.7. The number of hydrogen-bond acceptors (Lipinski definition) is 1. The average Bonchev–Trinajstić information content (AvgIpc) is 3.05. The number of fused-ring (bicyclic) bond motifs is 2. The molecule has 0 saturated heterocycles. The van der Waals surface area contributed by atoms with Gasteiger partial charge in [-0.05, 0) is 86.3 Å². The molecule has 0 heterocycles. The normalized spacial score (nSPS) is 11.3. The second-order valence-electron chi connectivity index (χ2n) is 10.2. The molecule has 194 valence electrons. The molecule has 0 aliphatic rings. The van der Waals surface area contributed by atoms with E-state index in [9.17, 15) is 0 Å². The Balaban J connectivity index is 1.16. The van der Waals surface area contributed by atoms with Crippen LogP contribution in [0.15, 0.2) is 164 Å². The van der Waals surface area contributed by atoms with Crippen LogP contribution in [0.4, 0.5) is 17.1 Å². The van der Waals surface area contributed by atoms with Crippen molar-refractivity contribution in [3.63, 3.8) is 0 Å². The van der Waals surface area contributed by atoms with Gasteiger partial charge in [0.2, 0.25) is 0 Å².